The smallest absolute Gasteiger partial charge is 0.423 e. The molecule has 1 aromatic carbocycles. The van der Waals surface area contributed by atoms with Crippen LogP contribution >= 0.6 is 7.82 Å². The van der Waals surface area contributed by atoms with Crippen LogP contribution in [0, 0.1) is 0 Å². The number of phosphoric ester groups is 1. The zero-order valence-corrected chi connectivity index (χ0v) is 10.9. The van der Waals surface area contributed by atoms with Gasteiger partial charge in [-0.1, -0.05) is 0 Å². The van der Waals surface area contributed by atoms with Crippen molar-refractivity contribution in [3.8, 4) is 5.75 Å². The van der Waals surface area contributed by atoms with Gasteiger partial charge in [0.15, 0.2) is 0 Å². The minimum absolute atomic E-state index is 0.0414. The van der Waals surface area contributed by atoms with Gasteiger partial charge >= 0.3 is 13.4 Å². The molecule has 1 heterocycles. The topological polar surface area (TPSA) is 140 Å². The first-order valence-electron chi connectivity index (χ1n) is 5.35. The molecule has 0 unspecified atom stereocenters. The Bertz CT molecular complexity index is 776. The Kier molecular flexibility index (Phi) is 3.63. The first-order chi connectivity index (χ1) is 9.24. The maximum atomic E-state index is 11.4. The molecule has 0 atom stereocenters. The molecule has 2 aromatic rings. The number of carbonyl (C=O) groups is 1. The summed E-state index contributed by atoms with van der Waals surface area (Å²) in [7, 11) is -4.71. The van der Waals surface area contributed by atoms with Crippen LogP contribution in [-0.4, -0.2) is 15.7 Å². The zero-order chi connectivity index (χ0) is 14.9. The predicted octanol–water partition coefficient (Wildman–Crippen LogP) is 0.292. The van der Waals surface area contributed by atoms with Crippen molar-refractivity contribution in [2.75, 3.05) is 0 Å². The third-order valence-electron chi connectivity index (χ3n) is 2.39. The monoisotopic (exact) mass is 299 g/mol. The van der Waals surface area contributed by atoms with Crippen LogP contribution < -0.4 is 15.9 Å². The van der Waals surface area contributed by atoms with Gasteiger partial charge in [-0.25, -0.2) is 9.36 Å². The number of nitrogens with two attached hydrogens (primary N) is 1. The van der Waals surface area contributed by atoms with Crippen molar-refractivity contribution in [3.63, 3.8) is 0 Å². The van der Waals surface area contributed by atoms with Gasteiger partial charge < -0.3 is 14.7 Å². The molecule has 1 aromatic heterocycles. The lowest BCUT2D eigenvalue weighted by Gasteiger charge is -2.08. The normalized spacial score (nSPS) is 11.5. The highest BCUT2D eigenvalue weighted by Gasteiger charge is 2.17. The molecule has 8 nitrogen and oxygen atoms in total. The van der Waals surface area contributed by atoms with Crippen molar-refractivity contribution < 1.29 is 28.1 Å². The molecular weight excluding hydrogens is 289 g/mol. The van der Waals surface area contributed by atoms with Crippen molar-refractivity contribution in [1.29, 1.82) is 0 Å². The first kappa shape index (κ1) is 14.3. The molecule has 0 aliphatic rings. The summed E-state index contributed by atoms with van der Waals surface area (Å²) in [6.07, 6.45) is -0.152. The molecule has 0 saturated heterocycles. The largest absolute Gasteiger partial charge is 0.524 e. The zero-order valence-electron chi connectivity index (χ0n) is 9.98. The molecule has 20 heavy (non-hydrogen) atoms. The third-order valence-corrected chi connectivity index (χ3v) is 2.84. The van der Waals surface area contributed by atoms with Crippen LogP contribution in [0.2, 0.25) is 0 Å². The molecule has 0 saturated carbocycles. The van der Waals surface area contributed by atoms with Crippen LogP contribution in [0.5, 0.6) is 5.75 Å². The SMILES string of the molecule is NC(=O)Cc1cc(=O)oc2cc(OP(=O)(O)O)ccc12. The van der Waals surface area contributed by atoms with Gasteiger partial charge in [0.2, 0.25) is 5.91 Å². The van der Waals surface area contributed by atoms with Crippen molar-refractivity contribution in [2.24, 2.45) is 5.73 Å². The van der Waals surface area contributed by atoms with E-state index < -0.39 is 19.4 Å². The van der Waals surface area contributed by atoms with Gasteiger partial charge in [0.25, 0.3) is 0 Å². The lowest BCUT2D eigenvalue weighted by Crippen LogP contribution is -2.15. The van der Waals surface area contributed by atoms with Crippen molar-refractivity contribution in [2.45, 2.75) is 6.42 Å². The fraction of sp³-hybridized carbons (Fsp3) is 0.0909. The Hall–Kier alpha value is -2.15. The molecule has 0 spiro atoms. The summed E-state index contributed by atoms with van der Waals surface area (Å²) in [4.78, 5) is 39.7. The molecule has 106 valence electrons. The van der Waals surface area contributed by atoms with Gasteiger partial charge in [-0.3, -0.25) is 14.6 Å². The van der Waals surface area contributed by atoms with Crippen LogP contribution in [0.4, 0.5) is 0 Å². The summed E-state index contributed by atoms with van der Waals surface area (Å²) in [6, 6.07) is 4.99. The van der Waals surface area contributed by atoms with E-state index in [4.69, 9.17) is 19.9 Å². The highest BCUT2D eigenvalue weighted by Crippen LogP contribution is 2.38. The molecule has 0 bridgehead atoms. The van der Waals surface area contributed by atoms with E-state index in [1.54, 1.807) is 0 Å². The fourth-order valence-corrected chi connectivity index (χ4v) is 2.13. The molecule has 0 fully saturated rings. The quantitative estimate of drug-likeness (QED) is 0.544. The van der Waals surface area contributed by atoms with E-state index in [9.17, 15) is 14.2 Å². The highest BCUT2D eigenvalue weighted by molar-refractivity contribution is 7.46. The Morgan fingerprint density at radius 2 is 2.05 bits per heavy atom. The van der Waals surface area contributed by atoms with Gasteiger partial charge in [-0.2, -0.15) is 0 Å². The van der Waals surface area contributed by atoms with Gasteiger partial charge in [0.05, 0.1) is 6.42 Å². The second-order valence-corrected chi connectivity index (χ2v) is 5.14. The second-order valence-electron chi connectivity index (χ2n) is 3.97. The Labute approximate surface area is 112 Å². The Balaban J connectivity index is 2.56. The predicted molar refractivity (Wildman–Crippen MR) is 68.1 cm³/mol. The van der Waals surface area contributed by atoms with E-state index in [0.29, 0.717) is 10.9 Å². The number of rotatable bonds is 4. The lowest BCUT2D eigenvalue weighted by molar-refractivity contribution is -0.117. The molecule has 4 N–H and O–H groups in total. The number of primary amides is 1. The summed E-state index contributed by atoms with van der Waals surface area (Å²) >= 11 is 0. The van der Waals surface area contributed by atoms with Crippen LogP contribution in [-0.2, 0) is 15.8 Å². The molecule has 0 radical (unpaired) electrons. The van der Waals surface area contributed by atoms with Gasteiger partial charge in [0.1, 0.15) is 11.3 Å². The van der Waals surface area contributed by atoms with E-state index in [1.165, 1.54) is 12.1 Å². The Morgan fingerprint density at radius 1 is 1.35 bits per heavy atom. The maximum Gasteiger partial charge on any atom is 0.524 e. The van der Waals surface area contributed by atoms with E-state index >= 15 is 0 Å². The third kappa shape index (κ3) is 3.45. The molecule has 9 heteroatoms. The molecular formula is C11H10NO7P. The first-order valence-corrected chi connectivity index (χ1v) is 6.88. The lowest BCUT2D eigenvalue weighted by atomic mass is 10.1. The van der Waals surface area contributed by atoms with Crippen LogP contribution in [0.3, 0.4) is 0 Å². The van der Waals surface area contributed by atoms with Gasteiger partial charge in [0, 0.05) is 17.5 Å². The number of benzene rings is 1. The van der Waals surface area contributed by atoms with Crippen molar-refractivity contribution in [3.05, 3.63) is 40.2 Å². The maximum absolute atomic E-state index is 11.4. The summed E-state index contributed by atoms with van der Waals surface area (Å²) in [6.45, 7) is 0. The molecule has 2 rings (SSSR count). The van der Waals surface area contributed by atoms with E-state index in [2.05, 4.69) is 4.52 Å². The molecule has 1 amide bonds. The van der Waals surface area contributed by atoms with E-state index in [-0.39, 0.29) is 17.8 Å². The number of hydrogen-bond acceptors (Lipinski definition) is 5. The molecule has 0 aliphatic carbocycles. The fourth-order valence-electron chi connectivity index (χ4n) is 1.74. The Morgan fingerprint density at radius 3 is 2.65 bits per heavy atom. The average molecular weight is 299 g/mol. The van der Waals surface area contributed by atoms with Gasteiger partial charge in [-0.15, -0.1) is 0 Å². The van der Waals surface area contributed by atoms with Crippen LogP contribution in [0.15, 0.2) is 33.5 Å². The second kappa shape index (κ2) is 5.09. The number of phosphoric acid groups is 1. The number of amides is 1. The highest BCUT2D eigenvalue weighted by atomic mass is 31.2. The summed E-state index contributed by atoms with van der Waals surface area (Å²) in [5, 5.41) is 0.432. The minimum Gasteiger partial charge on any atom is -0.423 e. The minimum atomic E-state index is -4.71. The van der Waals surface area contributed by atoms with Crippen LogP contribution in [0.1, 0.15) is 5.56 Å². The van der Waals surface area contributed by atoms with Crippen LogP contribution in [0.25, 0.3) is 11.0 Å². The standard InChI is InChI=1S/C11H10NO7P/c12-10(13)3-6-4-11(14)18-9-5-7(1-2-8(6)9)19-20(15,16)17/h1-2,4-5H,3H2,(H2,12,13)(H2,15,16,17). The van der Waals surface area contributed by atoms with E-state index in [0.717, 1.165) is 12.1 Å². The van der Waals surface area contributed by atoms with Gasteiger partial charge in [-0.05, 0) is 17.7 Å². The number of hydrogen-bond donors (Lipinski definition) is 3. The average Bonchev–Trinajstić information content (AvgIpc) is 2.24. The number of fused-ring (bicyclic) bond motifs is 1. The summed E-state index contributed by atoms with van der Waals surface area (Å²) in [5.41, 5.74) is 4.78. The van der Waals surface area contributed by atoms with Crippen molar-refractivity contribution in [1.82, 2.24) is 0 Å². The summed E-state index contributed by atoms with van der Waals surface area (Å²) in [5.74, 6) is -0.780. The van der Waals surface area contributed by atoms with E-state index in [1.807, 2.05) is 0 Å². The summed E-state index contributed by atoms with van der Waals surface area (Å²) < 4.78 is 20.0. The van der Waals surface area contributed by atoms with Crippen molar-refractivity contribution >= 4 is 24.7 Å². The molecule has 0 aliphatic heterocycles. The number of carbonyl (C=O) groups excluding carboxylic acids is 1.